The molecule has 0 saturated carbocycles. The molecule has 8 heteroatoms. The summed E-state index contributed by atoms with van der Waals surface area (Å²) in [6.07, 6.45) is 0.849. The van der Waals surface area contributed by atoms with Crippen LogP contribution in [0.25, 0.3) is 0 Å². The number of hydrogen-bond donors (Lipinski definition) is 1. The lowest BCUT2D eigenvalue weighted by molar-refractivity contribution is 0.275. The van der Waals surface area contributed by atoms with E-state index in [0.717, 1.165) is 22.8 Å². The Labute approximate surface area is 136 Å². The molecule has 124 valence electrons. The maximum atomic E-state index is 13.7. The van der Waals surface area contributed by atoms with Crippen molar-refractivity contribution in [1.82, 2.24) is 13.9 Å². The Morgan fingerprint density at radius 2 is 2.14 bits per heavy atom. The second kappa shape index (κ2) is 6.80. The summed E-state index contributed by atoms with van der Waals surface area (Å²) in [4.78, 5) is 2.11. The summed E-state index contributed by atoms with van der Waals surface area (Å²) in [7, 11) is 1.46. The van der Waals surface area contributed by atoms with Crippen molar-refractivity contribution >= 4 is 21.8 Å². The van der Waals surface area contributed by atoms with Gasteiger partial charge in [-0.15, -0.1) is 0 Å². The first kappa shape index (κ1) is 17.6. The van der Waals surface area contributed by atoms with Gasteiger partial charge in [-0.1, -0.05) is 17.7 Å². The summed E-state index contributed by atoms with van der Waals surface area (Å²) < 4.78 is 41.1. The Hall–Kier alpha value is -0.730. The van der Waals surface area contributed by atoms with Gasteiger partial charge in [0.15, 0.2) is 0 Å². The predicted molar refractivity (Wildman–Crippen MR) is 85.5 cm³/mol. The van der Waals surface area contributed by atoms with E-state index in [9.17, 15) is 12.8 Å². The predicted octanol–water partition coefficient (Wildman–Crippen LogP) is 1.87. The fraction of sp³-hybridized carbons (Fsp3) is 0.571. The van der Waals surface area contributed by atoms with E-state index < -0.39 is 16.0 Å². The Kier molecular flexibility index (Phi) is 5.45. The van der Waals surface area contributed by atoms with Crippen LogP contribution >= 0.6 is 11.6 Å². The fourth-order valence-corrected chi connectivity index (χ4v) is 3.60. The number of hydrogen-bond acceptors (Lipinski definition) is 3. The van der Waals surface area contributed by atoms with Crippen LogP contribution in [0, 0.1) is 11.7 Å². The van der Waals surface area contributed by atoms with Gasteiger partial charge in [0.2, 0.25) is 0 Å². The third-order valence-corrected chi connectivity index (χ3v) is 5.87. The van der Waals surface area contributed by atoms with E-state index >= 15 is 0 Å². The van der Waals surface area contributed by atoms with E-state index in [1.54, 1.807) is 12.1 Å². The minimum atomic E-state index is -3.45. The van der Waals surface area contributed by atoms with Crippen molar-refractivity contribution in [2.45, 2.75) is 12.5 Å². The molecule has 1 heterocycles. The first-order valence-corrected chi connectivity index (χ1v) is 8.86. The Morgan fingerprint density at radius 1 is 1.45 bits per heavy atom. The third-order valence-electron chi connectivity index (χ3n) is 4.07. The van der Waals surface area contributed by atoms with Gasteiger partial charge in [0, 0.05) is 26.7 Å². The van der Waals surface area contributed by atoms with Crippen LogP contribution < -0.4 is 4.72 Å². The van der Waals surface area contributed by atoms with E-state index in [4.69, 9.17) is 11.6 Å². The summed E-state index contributed by atoms with van der Waals surface area (Å²) in [5.74, 6) is -0.368. The van der Waals surface area contributed by atoms with Gasteiger partial charge < -0.3 is 0 Å². The zero-order chi connectivity index (χ0) is 16.5. The van der Waals surface area contributed by atoms with Gasteiger partial charge >= 0.3 is 0 Å². The fourth-order valence-electron chi connectivity index (χ4n) is 2.80. The van der Waals surface area contributed by atoms with E-state index in [0.29, 0.717) is 6.54 Å². The summed E-state index contributed by atoms with van der Waals surface area (Å²) in [5, 5.41) is 0.0919. The summed E-state index contributed by atoms with van der Waals surface area (Å²) in [5.41, 5.74) is 0.816. The van der Waals surface area contributed by atoms with Crippen LogP contribution in [-0.2, 0) is 10.2 Å². The molecule has 0 aromatic heterocycles. The van der Waals surface area contributed by atoms with Crippen molar-refractivity contribution in [3.05, 3.63) is 34.6 Å². The number of rotatable bonds is 5. The lowest BCUT2D eigenvalue weighted by Crippen LogP contribution is -2.39. The van der Waals surface area contributed by atoms with Gasteiger partial charge in [0.25, 0.3) is 10.2 Å². The normalized spacial score (nSPS) is 23.4. The van der Waals surface area contributed by atoms with Crippen LogP contribution in [0.1, 0.15) is 18.0 Å². The zero-order valence-corrected chi connectivity index (χ0v) is 14.5. The summed E-state index contributed by atoms with van der Waals surface area (Å²) >= 11 is 5.73. The number of halogens is 2. The molecule has 0 amide bonds. The standard InChI is InChI=1S/C14H21ClFN3O2S/c1-18(2)22(20,21)17-9-11-6-7-19(3)14(11)10-4-5-12(15)13(16)8-10/h4-5,8,11,14,17H,6-7,9H2,1-3H3/t11-,14+/m0/s1. The Morgan fingerprint density at radius 3 is 2.73 bits per heavy atom. The molecule has 2 atom stereocenters. The highest BCUT2D eigenvalue weighted by molar-refractivity contribution is 7.87. The molecule has 0 spiro atoms. The molecular weight excluding hydrogens is 329 g/mol. The SMILES string of the molecule is CN1CC[C@@H](CNS(=O)(=O)N(C)C)[C@H]1c1ccc(Cl)c(F)c1. The van der Waals surface area contributed by atoms with Crippen LogP contribution in [0.2, 0.25) is 5.02 Å². The topological polar surface area (TPSA) is 52.7 Å². The molecule has 1 fully saturated rings. The van der Waals surface area contributed by atoms with Crippen LogP contribution in [0.5, 0.6) is 0 Å². The van der Waals surface area contributed by atoms with E-state index in [1.807, 2.05) is 7.05 Å². The molecule has 1 aromatic rings. The minimum Gasteiger partial charge on any atom is -0.299 e. The first-order chi connectivity index (χ1) is 10.2. The summed E-state index contributed by atoms with van der Waals surface area (Å²) in [6, 6.07) is 4.74. The number of likely N-dealkylation sites (tertiary alicyclic amines) is 1. The third kappa shape index (κ3) is 3.78. The van der Waals surface area contributed by atoms with Gasteiger partial charge in [-0.25, -0.2) is 9.11 Å². The maximum absolute atomic E-state index is 13.7. The smallest absolute Gasteiger partial charge is 0.278 e. The lowest BCUT2D eigenvalue weighted by atomic mass is 9.94. The van der Waals surface area contributed by atoms with Crippen LogP contribution in [0.15, 0.2) is 18.2 Å². The highest BCUT2D eigenvalue weighted by Crippen LogP contribution is 2.36. The molecule has 0 radical (unpaired) electrons. The van der Waals surface area contributed by atoms with Crippen LogP contribution in [0.3, 0.4) is 0 Å². The molecule has 0 bridgehead atoms. The molecule has 5 nitrogen and oxygen atoms in total. The average molecular weight is 350 g/mol. The van der Waals surface area contributed by atoms with Gasteiger partial charge in [0.1, 0.15) is 5.82 Å². The van der Waals surface area contributed by atoms with Gasteiger partial charge in [-0.2, -0.15) is 12.7 Å². The molecule has 1 aliphatic rings. The van der Waals surface area contributed by atoms with Crippen molar-refractivity contribution in [2.24, 2.45) is 5.92 Å². The molecule has 22 heavy (non-hydrogen) atoms. The minimum absolute atomic E-state index is 0.0309. The van der Waals surface area contributed by atoms with Crippen molar-refractivity contribution in [3.63, 3.8) is 0 Å². The van der Waals surface area contributed by atoms with Gasteiger partial charge in [-0.05, 0) is 43.6 Å². The number of nitrogens with one attached hydrogen (secondary N) is 1. The van der Waals surface area contributed by atoms with Gasteiger partial charge in [-0.3, -0.25) is 4.90 Å². The highest BCUT2D eigenvalue weighted by Gasteiger charge is 2.34. The molecule has 0 unspecified atom stereocenters. The second-order valence-electron chi connectivity index (χ2n) is 5.78. The molecule has 0 aliphatic carbocycles. The van der Waals surface area contributed by atoms with Crippen molar-refractivity contribution in [3.8, 4) is 0 Å². The van der Waals surface area contributed by atoms with E-state index in [1.165, 1.54) is 20.2 Å². The number of nitrogens with zero attached hydrogens (tertiary/aromatic N) is 2. The largest absolute Gasteiger partial charge is 0.299 e. The molecule has 1 aliphatic heterocycles. The maximum Gasteiger partial charge on any atom is 0.278 e. The van der Waals surface area contributed by atoms with E-state index in [2.05, 4.69) is 9.62 Å². The lowest BCUT2D eigenvalue weighted by Gasteiger charge is -2.26. The monoisotopic (exact) mass is 349 g/mol. The van der Waals surface area contributed by atoms with Crippen LogP contribution in [-0.4, -0.2) is 51.9 Å². The molecule has 2 rings (SSSR count). The first-order valence-electron chi connectivity index (χ1n) is 7.04. The summed E-state index contributed by atoms with van der Waals surface area (Å²) in [6.45, 7) is 1.16. The Balaban J connectivity index is 2.16. The zero-order valence-electron chi connectivity index (χ0n) is 12.9. The average Bonchev–Trinajstić information content (AvgIpc) is 2.81. The van der Waals surface area contributed by atoms with Crippen molar-refractivity contribution < 1.29 is 12.8 Å². The molecule has 1 saturated heterocycles. The molecule has 1 N–H and O–H groups in total. The highest BCUT2D eigenvalue weighted by atomic mass is 35.5. The van der Waals surface area contributed by atoms with Crippen molar-refractivity contribution in [1.29, 1.82) is 0 Å². The molecule has 1 aromatic carbocycles. The van der Waals surface area contributed by atoms with Crippen molar-refractivity contribution in [2.75, 3.05) is 34.2 Å². The molecular formula is C14H21ClFN3O2S. The Bertz CT molecular complexity index is 639. The van der Waals surface area contributed by atoms with Crippen LogP contribution in [0.4, 0.5) is 4.39 Å². The quantitative estimate of drug-likeness (QED) is 0.883. The van der Waals surface area contributed by atoms with Gasteiger partial charge in [0.05, 0.1) is 5.02 Å². The number of benzene rings is 1. The van der Waals surface area contributed by atoms with E-state index in [-0.39, 0.29) is 17.0 Å². The second-order valence-corrected chi connectivity index (χ2v) is 8.16.